The fourth-order valence-corrected chi connectivity index (χ4v) is 6.30. The molecule has 7 N–H and O–H groups in total. The molecule has 2 aromatic rings. The molecule has 0 spiro atoms. The lowest BCUT2D eigenvalue weighted by Gasteiger charge is -2.34. The molecule has 0 unspecified atom stereocenters. The number of aliphatic hydroxyl groups is 1. The molecule has 1 atom stereocenters. The van der Waals surface area contributed by atoms with Crippen LogP contribution in [-0.4, -0.2) is 74.8 Å². The summed E-state index contributed by atoms with van der Waals surface area (Å²) in [5.74, 6) is 0.252. The first-order valence-electron chi connectivity index (χ1n) is 10.1. The lowest BCUT2D eigenvalue weighted by atomic mass is 9.96. The first kappa shape index (κ1) is 24.5. The maximum atomic E-state index is 13.0. The first-order chi connectivity index (χ1) is 15.1. The Hall–Kier alpha value is -2.17. The molecule has 178 valence electrons. The molecule has 2 heterocycles. The van der Waals surface area contributed by atoms with Crippen LogP contribution in [0.15, 0.2) is 21.9 Å². The summed E-state index contributed by atoms with van der Waals surface area (Å²) in [6.07, 6.45) is 0.978. The first-order valence-corrected chi connectivity index (χ1v) is 13.2. The third-order valence-electron chi connectivity index (χ3n) is 5.51. The number of hydrogen-bond acceptors (Lipinski definition) is 10. The van der Waals surface area contributed by atoms with E-state index in [4.69, 9.17) is 10.9 Å². The number of aromatic nitrogens is 4. The molecule has 0 radical (unpaired) electrons. The highest BCUT2D eigenvalue weighted by Gasteiger charge is 2.34. The predicted octanol–water partition coefficient (Wildman–Crippen LogP) is -1.26. The summed E-state index contributed by atoms with van der Waals surface area (Å²) in [7, 11) is -8.89. The minimum absolute atomic E-state index is 0.0497. The number of nitrogens with zero attached hydrogens (tertiary/aromatic N) is 4. The summed E-state index contributed by atoms with van der Waals surface area (Å²) in [6.45, 7) is 3.13. The molecular weight excluding hydrogens is 460 g/mol. The van der Waals surface area contributed by atoms with Crippen molar-refractivity contribution in [3.8, 4) is 11.4 Å². The third-order valence-corrected chi connectivity index (χ3v) is 8.10. The van der Waals surface area contributed by atoms with Crippen LogP contribution in [0, 0.1) is 5.92 Å². The van der Waals surface area contributed by atoms with Gasteiger partial charge in [0.1, 0.15) is 9.79 Å². The summed E-state index contributed by atoms with van der Waals surface area (Å²) in [6, 6.07) is 2.70. The van der Waals surface area contributed by atoms with Crippen LogP contribution < -0.4 is 20.5 Å². The Morgan fingerprint density at radius 1 is 1.28 bits per heavy atom. The number of rotatable bonds is 9. The van der Waals surface area contributed by atoms with Crippen molar-refractivity contribution in [2.75, 3.05) is 31.1 Å². The second kappa shape index (κ2) is 9.76. The molecule has 0 bridgehead atoms. The van der Waals surface area contributed by atoms with Crippen LogP contribution in [0.1, 0.15) is 26.2 Å². The molecule has 1 saturated heterocycles. The quantitative estimate of drug-likeness (QED) is 0.283. The van der Waals surface area contributed by atoms with Crippen LogP contribution in [0.2, 0.25) is 0 Å². The fraction of sp³-hybridized carbons (Fsp3) is 0.588. The Morgan fingerprint density at radius 2 is 1.97 bits per heavy atom. The molecule has 0 aliphatic carbocycles. The minimum Gasteiger partial charge on any atom is -0.392 e. The largest absolute Gasteiger partial charge is 0.392 e. The van der Waals surface area contributed by atoms with E-state index in [9.17, 15) is 21.9 Å². The molecule has 1 aromatic carbocycles. The summed E-state index contributed by atoms with van der Waals surface area (Å²) in [5, 5.41) is 28.8. The van der Waals surface area contributed by atoms with Gasteiger partial charge in [0.05, 0.1) is 11.7 Å². The Morgan fingerprint density at radius 3 is 2.50 bits per heavy atom. The van der Waals surface area contributed by atoms with Crippen LogP contribution in [-0.2, 0) is 20.0 Å². The topological polar surface area (TPSA) is 210 Å². The van der Waals surface area contributed by atoms with Gasteiger partial charge in [-0.25, -0.2) is 26.7 Å². The smallest absolute Gasteiger partial charge is 0.242 e. The van der Waals surface area contributed by atoms with Gasteiger partial charge in [0, 0.05) is 25.3 Å². The van der Waals surface area contributed by atoms with Crippen molar-refractivity contribution in [1.82, 2.24) is 25.3 Å². The molecule has 15 heteroatoms. The number of aliphatic hydroxyl groups excluding tert-OH is 1. The van der Waals surface area contributed by atoms with Crippen molar-refractivity contribution < 1.29 is 21.9 Å². The normalized spacial score (nSPS) is 16.9. The monoisotopic (exact) mass is 488 g/mol. The zero-order valence-electron chi connectivity index (χ0n) is 17.6. The van der Waals surface area contributed by atoms with Gasteiger partial charge in [-0.3, -0.25) is 0 Å². The highest BCUT2D eigenvalue weighted by atomic mass is 32.2. The van der Waals surface area contributed by atoms with E-state index in [2.05, 4.69) is 25.3 Å². The number of tetrazole rings is 1. The number of anilines is 1. The second-order valence-electron chi connectivity index (χ2n) is 7.65. The molecule has 0 amide bonds. The number of H-pyrrole nitrogens is 1. The van der Waals surface area contributed by atoms with Gasteiger partial charge in [-0.1, -0.05) is 6.92 Å². The molecule has 3 rings (SSSR count). The van der Waals surface area contributed by atoms with Crippen LogP contribution in [0.4, 0.5) is 5.69 Å². The number of benzene rings is 1. The van der Waals surface area contributed by atoms with Crippen LogP contribution >= 0.6 is 0 Å². The summed E-state index contributed by atoms with van der Waals surface area (Å²) < 4.78 is 53.5. The summed E-state index contributed by atoms with van der Waals surface area (Å²) in [4.78, 5) is 0.747. The predicted molar refractivity (Wildman–Crippen MR) is 116 cm³/mol. The molecule has 1 aliphatic heterocycles. The maximum absolute atomic E-state index is 13.0. The van der Waals surface area contributed by atoms with Crippen LogP contribution in [0.25, 0.3) is 11.4 Å². The zero-order valence-corrected chi connectivity index (χ0v) is 19.2. The fourth-order valence-electron chi connectivity index (χ4n) is 3.63. The van der Waals surface area contributed by atoms with E-state index in [0.29, 0.717) is 37.7 Å². The zero-order chi connectivity index (χ0) is 23.5. The third kappa shape index (κ3) is 5.24. The SMILES string of the molecule is CC[C@@H](O)CNS(=O)(=O)c1ccc(N2CCC(CN)CC2)c(-c2nn[nH]n2)c1S(N)(=O)=O. The van der Waals surface area contributed by atoms with Crippen molar-refractivity contribution in [3.05, 3.63) is 12.1 Å². The lowest BCUT2D eigenvalue weighted by molar-refractivity contribution is 0.174. The van der Waals surface area contributed by atoms with Crippen molar-refractivity contribution in [1.29, 1.82) is 0 Å². The number of nitrogens with one attached hydrogen (secondary N) is 2. The molecule has 0 saturated carbocycles. The van der Waals surface area contributed by atoms with E-state index in [1.165, 1.54) is 12.1 Å². The second-order valence-corrected chi connectivity index (χ2v) is 10.9. The van der Waals surface area contributed by atoms with Crippen molar-refractivity contribution in [3.63, 3.8) is 0 Å². The molecule has 1 aromatic heterocycles. The van der Waals surface area contributed by atoms with Gasteiger partial charge in [-0.2, -0.15) is 5.21 Å². The van der Waals surface area contributed by atoms with Crippen molar-refractivity contribution in [2.45, 2.75) is 42.1 Å². The number of nitrogens with two attached hydrogens (primary N) is 2. The standard InChI is InChI=1S/C17H28N8O5S2/c1-2-12(26)10-20-32(29,30)14-4-3-13(25-7-5-11(9-18)6-8-25)15(16(14)31(19,27)28)17-21-23-24-22-17/h3-4,11-12,20,26H,2,5-10,18H2,1H3,(H2,19,27,28)(H,21,22,23,24)/t12-/m1/s1. The Kier molecular flexibility index (Phi) is 7.46. The van der Waals surface area contributed by atoms with E-state index >= 15 is 0 Å². The highest BCUT2D eigenvalue weighted by molar-refractivity contribution is 7.92. The Balaban J connectivity index is 2.18. The van der Waals surface area contributed by atoms with Gasteiger partial charge in [0.25, 0.3) is 0 Å². The number of sulfonamides is 2. The number of piperidine rings is 1. The Bertz CT molecular complexity index is 1130. The molecule has 1 fully saturated rings. The average Bonchev–Trinajstić information content (AvgIpc) is 3.30. The van der Waals surface area contributed by atoms with E-state index in [0.717, 1.165) is 12.8 Å². The van der Waals surface area contributed by atoms with Gasteiger partial charge in [0.15, 0.2) is 0 Å². The van der Waals surface area contributed by atoms with Crippen molar-refractivity contribution in [2.24, 2.45) is 16.8 Å². The van der Waals surface area contributed by atoms with Gasteiger partial charge in [-0.05, 0) is 49.1 Å². The van der Waals surface area contributed by atoms with Crippen LogP contribution in [0.5, 0.6) is 0 Å². The summed E-state index contributed by atoms with van der Waals surface area (Å²) >= 11 is 0. The van der Waals surface area contributed by atoms with Crippen LogP contribution in [0.3, 0.4) is 0 Å². The van der Waals surface area contributed by atoms with Crippen molar-refractivity contribution >= 4 is 25.7 Å². The lowest BCUT2D eigenvalue weighted by Crippen LogP contribution is -2.37. The van der Waals surface area contributed by atoms with Gasteiger partial charge < -0.3 is 15.7 Å². The molecular formula is C17H28N8O5S2. The Labute approximate surface area is 186 Å². The number of hydrogen-bond donors (Lipinski definition) is 5. The van der Waals surface area contributed by atoms with Gasteiger partial charge >= 0.3 is 0 Å². The van der Waals surface area contributed by atoms with E-state index in [-0.39, 0.29) is 17.9 Å². The van der Waals surface area contributed by atoms with Gasteiger partial charge in [-0.15, -0.1) is 10.2 Å². The molecule has 13 nitrogen and oxygen atoms in total. The van der Waals surface area contributed by atoms with E-state index < -0.39 is 35.9 Å². The number of aromatic amines is 1. The minimum atomic E-state index is -4.54. The number of primary sulfonamides is 1. The molecule has 1 aliphatic rings. The van der Waals surface area contributed by atoms with E-state index in [1.807, 2.05) is 4.90 Å². The van der Waals surface area contributed by atoms with Gasteiger partial charge in [0.2, 0.25) is 25.9 Å². The molecule has 32 heavy (non-hydrogen) atoms. The average molecular weight is 489 g/mol. The highest BCUT2D eigenvalue weighted by Crippen LogP contribution is 2.39. The van der Waals surface area contributed by atoms with E-state index in [1.54, 1.807) is 6.92 Å². The maximum Gasteiger partial charge on any atom is 0.242 e. The summed E-state index contributed by atoms with van der Waals surface area (Å²) in [5.41, 5.74) is 6.14.